The molecule has 33 heavy (non-hydrogen) atoms. The first-order chi connectivity index (χ1) is 16.2. The van der Waals surface area contributed by atoms with E-state index in [0.29, 0.717) is 41.4 Å². The molecule has 4 heterocycles. The van der Waals surface area contributed by atoms with Crippen LogP contribution >= 0.6 is 0 Å². The van der Waals surface area contributed by atoms with E-state index in [1.165, 1.54) is 0 Å². The Labute approximate surface area is 189 Å². The zero-order chi connectivity index (χ0) is 22.8. The van der Waals surface area contributed by atoms with E-state index in [1.54, 1.807) is 47.3 Å². The van der Waals surface area contributed by atoms with Crippen molar-refractivity contribution in [2.45, 2.75) is 13.5 Å². The maximum absolute atomic E-state index is 13.1. The van der Waals surface area contributed by atoms with Crippen LogP contribution in [0.4, 0.5) is 0 Å². The van der Waals surface area contributed by atoms with Gasteiger partial charge in [0.15, 0.2) is 5.65 Å². The van der Waals surface area contributed by atoms with Crippen LogP contribution in [0.2, 0.25) is 0 Å². The molecule has 0 fully saturated rings. The van der Waals surface area contributed by atoms with Gasteiger partial charge in [-0.15, -0.1) is 0 Å². The predicted octanol–water partition coefficient (Wildman–Crippen LogP) is 3.82. The zero-order valence-corrected chi connectivity index (χ0v) is 17.9. The Morgan fingerprint density at radius 2 is 1.94 bits per heavy atom. The van der Waals surface area contributed by atoms with E-state index < -0.39 is 0 Å². The number of nitrogens with zero attached hydrogens (tertiary/aromatic N) is 3. The summed E-state index contributed by atoms with van der Waals surface area (Å²) in [7, 11) is 0. The second-order valence-electron chi connectivity index (χ2n) is 7.47. The number of carbonyl (C=O) groups excluding carboxylic acids is 2. The van der Waals surface area contributed by atoms with Crippen LogP contribution in [0, 0.1) is 0 Å². The summed E-state index contributed by atoms with van der Waals surface area (Å²) in [5.74, 6) is -0.565. The topological polar surface area (TPSA) is 102 Å². The van der Waals surface area contributed by atoms with Gasteiger partial charge < -0.3 is 15.1 Å². The molecule has 0 bridgehead atoms. The maximum atomic E-state index is 13.1. The maximum Gasteiger partial charge on any atom is 0.270 e. The van der Waals surface area contributed by atoms with Crippen molar-refractivity contribution < 1.29 is 14.0 Å². The SMILES string of the molecule is CCNC(=O)c1c(-c2ccccn2)nc2c(C(=O)NCc3ccc4occc4c3)cccn12. The molecule has 4 aromatic heterocycles. The average Bonchev–Trinajstić information content (AvgIpc) is 3.47. The predicted molar refractivity (Wildman–Crippen MR) is 124 cm³/mol. The number of benzene rings is 1. The van der Waals surface area contributed by atoms with Crippen molar-refractivity contribution in [3.8, 4) is 11.4 Å². The molecule has 0 aliphatic rings. The van der Waals surface area contributed by atoms with Gasteiger partial charge in [0.1, 0.15) is 17.0 Å². The summed E-state index contributed by atoms with van der Waals surface area (Å²) in [6.07, 6.45) is 5.01. The molecule has 8 nitrogen and oxygen atoms in total. The lowest BCUT2D eigenvalue weighted by Crippen LogP contribution is -2.25. The van der Waals surface area contributed by atoms with Crippen molar-refractivity contribution in [2.24, 2.45) is 0 Å². The van der Waals surface area contributed by atoms with Crippen molar-refractivity contribution in [1.29, 1.82) is 0 Å². The highest BCUT2D eigenvalue weighted by molar-refractivity contribution is 6.04. The number of imidazole rings is 1. The molecule has 0 aliphatic carbocycles. The summed E-state index contributed by atoms with van der Waals surface area (Å²) in [4.78, 5) is 35.0. The van der Waals surface area contributed by atoms with E-state index in [1.807, 2.05) is 37.3 Å². The molecule has 0 atom stereocenters. The Bertz CT molecular complexity index is 1470. The summed E-state index contributed by atoms with van der Waals surface area (Å²) in [6, 6.07) is 16.5. The van der Waals surface area contributed by atoms with E-state index in [9.17, 15) is 9.59 Å². The number of hydrogen-bond donors (Lipinski definition) is 2. The number of hydrogen-bond acceptors (Lipinski definition) is 5. The Balaban J connectivity index is 1.51. The third-order valence-corrected chi connectivity index (χ3v) is 5.32. The molecule has 164 valence electrons. The van der Waals surface area contributed by atoms with Crippen LogP contribution < -0.4 is 10.6 Å². The second-order valence-corrected chi connectivity index (χ2v) is 7.47. The van der Waals surface area contributed by atoms with Gasteiger partial charge in [-0.05, 0) is 55.0 Å². The van der Waals surface area contributed by atoms with Gasteiger partial charge >= 0.3 is 0 Å². The molecule has 0 spiro atoms. The molecule has 0 radical (unpaired) electrons. The van der Waals surface area contributed by atoms with Crippen molar-refractivity contribution in [3.05, 3.63) is 90.1 Å². The van der Waals surface area contributed by atoms with Crippen molar-refractivity contribution in [3.63, 3.8) is 0 Å². The van der Waals surface area contributed by atoms with Crippen LogP contribution in [-0.2, 0) is 6.54 Å². The number of amides is 2. The highest BCUT2D eigenvalue weighted by atomic mass is 16.3. The Morgan fingerprint density at radius 1 is 1.03 bits per heavy atom. The first-order valence-corrected chi connectivity index (χ1v) is 10.6. The van der Waals surface area contributed by atoms with E-state index in [-0.39, 0.29) is 11.8 Å². The monoisotopic (exact) mass is 439 g/mol. The first kappa shape index (κ1) is 20.4. The number of fused-ring (bicyclic) bond motifs is 2. The van der Waals surface area contributed by atoms with Crippen LogP contribution in [0.25, 0.3) is 28.0 Å². The zero-order valence-electron chi connectivity index (χ0n) is 17.9. The van der Waals surface area contributed by atoms with Gasteiger partial charge in [-0.3, -0.25) is 19.0 Å². The van der Waals surface area contributed by atoms with Crippen LogP contribution in [0.3, 0.4) is 0 Å². The average molecular weight is 439 g/mol. The number of furan rings is 1. The minimum Gasteiger partial charge on any atom is -0.464 e. The third kappa shape index (κ3) is 3.82. The molecule has 2 N–H and O–H groups in total. The molecule has 5 aromatic rings. The largest absolute Gasteiger partial charge is 0.464 e. The number of rotatable bonds is 6. The molecule has 0 aliphatic heterocycles. The van der Waals surface area contributed by atoms with Crippen LogP contribution in [-0.4, -0.2) is 32.7 Å². The van der Waals surface area contributed by atoms with Crippen LogP contribution in [0.15, 0.2) is 77.7 Å². The van der Waals surface area contributed by atoms with E-state index in [4.69, 9.17) is 4.42 Å². The molecular formula is C25H21N5O3. The third-order valence-electron chi connectivity index (χ3n) is 5.32. The second kappa shape index (κ2) is 8.58. The fourth-order valence-electron chi connectivity index (χ4n) is 3.79. The van der Waals surface area contributed by atoms with Gasteiger partial charge in [0.2, 0.25) is 0 Å². The summed E-state index contributed by atoms with van der Waals surface area (Å²) >= 11 is 0. The van der Waals surface area contributed by atoms with Gasteiger partial charge in [0, 0.05) is 30.9 Å². The Kier molecular flexibility index (Phi) is 5.32. The molecule has 0 saturated carbocycles. The van der Waals surface area contributed by atoms with E-state index >= 15 is 0 Å². The van der Waals surface area contributed by atoms with Gasteiger partial charge in [-0.25, -0.2) is 4.98 Å². The molecule has 0 unspecified atom stereocenters. The van der Waals surface area contributed by atoms with Crippen molar-refractivity contribution in [1.82, 2.24) is 25.0 Å². The number of aromatic nitrogens is 3. The summed E-state index contributed by atoms with van der Waals surface area (Å²) in [6.45, 7) is 2.66. The number of pyridine rings is 2. The molecular weight excluding hydrogens is 418 g/mol. The lowest BCUT2D eigenvalue weighted by molar-refractivity contribution is 0.0940. The van der Waals surface area contributed by atoms with Gasteiger partial charge in [-0.1, -0.05) is 12.1 Å². The minimum absolute atomic E-state index is 0.281. The standard InChI is InChI=1S/C25H21N5O3/c1-2-26-25(32)22-21(19-7-3-4-11-27-19)29-23-18(6-5-12-30(22)23)24(31)28-15-16-8-9-20-17(14-16)10-13-33-20/h3-14H,2,15H2,1H3,(H,26,32)(H,28,31). The molecule has 5 rings (SSSR count). The van der Waals surface area contributed by atoms with Crippen molar-refractivity contribution in [2.75, 3.05) is 6.54 Å². The molecule has 2 amide bonds. The Morgan fingerprint density at radius 3 is 2.76 bits per heavy atom. The fraction of sp³-hybridized carbons (Fsp3) is 0.120. The van der Waals surface area contributed by atoms with E-state index in [2.05, 4.69) is 20.6 Å². The van der Waals surface area contributed by atoms with Crippen LogP contribution in [0.5, 0.6) is 0 Å². The smallest absolute Gasteiger partial charge is 0.270 e. The van der Waals surface area contributed by atoms with E-state index in [0.717, 1.165) is 16.5 Å². The fourth-order valence-corrected chi connectivity index (χ4v) is 3.79. The van der Waals surface area contributed by atoms with Gasteiger partial charge in [-0.2, -0.15) is 0 Å². The van der Waals surface area contributed by atoms with Crippen LogP contribution in [0.1, 0.15) is 33.3 Å². The lowest BCUT2D eigenvalue weighted by Gasteiger charge is -2.08. The Hall–Kier alpha value is -4.46. The summed E-state index contributed by atoms with van der Waals surface area (Å²) in [5.41, 5.74) is 3.83. The first-order valence-electron chi connectivity index (χ1n) is 10.6. The normalized spacial score (nSPS) is 11.1. The van der Waals surface area contributed by atoms with Gasteiger partial charge in [0.05, 0.1) is 17.5 Å². The highest BCUT2D eigenvalue weighted by Crippen LogP contribution is 2.25. The van der Waals surface area contributed by atoms with Crippen molar-refractivity contribution >= 4 is 28.4 Å². The highest BCUT2D eigenvalue weighted by Gasteiger charge is 2.24. The molecule has 1 aromatic carbocycles. The lowest BCUT2D eigenvalue weighted by atomic mass is 10.1. The summed E-state index contributed by atoms with van der Waals surface area (Å²) < 4.78 is 7.01. The molecule has 0 saturated heterocycles. The molecule has 8 heteroatoms. The number of carbonyl (C=O) groups is 2. The minimum atomic E-state index is -0.284. The summed E-state index contributed by atoms with van der Waals surface area (Å²) in [5, 5.41) is 6.75. The van der Waals surface area contributed by atoms with Gasteiger partial charge in [0.25, 0.3) is 11.8 Å². The quantitative estimate of drug-likeness (QED) is 0.419. The number of nitrogens with one attached hydrogen (secondary N) is 2.